The highest BCUT2D eigenvalue weighted by molar-refractivity contribution is 6.35. The molecule has 23 heavy (non-hydrogen) atoms. The molecule has 2 aromatic carbocycles. The normalized spacial score (nSPS) is 11.8. The van der Waals surface area contributed by atoms with Crippen LogP contribution in [0.15, 0.2) is 42.5 Å². The van der Waals surface area contributed by atoms with E-state index in [1.807, 2.05) is 19.1 Å². The lowest BCUT2D eigenvalue weighted by Gasteiger charge is -2.16. The molecule has 0 bridgehead atoms. The average molecular weight is 351 g/mol. The molecule has 0 spiro atoms. The monoisotopic (exact) mass is 350 g/mol. The number of ether oxygens (including phenoxy) is 1. The Balaban J connectivity index is 2.32. The molecule has 0 aliphatic carbocycles. The Bertz CT molecular complexity index is 741. The van der Waals surface area contributed by atoms with Gasteiger partial charge in [-0.15, -0.1) is 0 Å². The van der Waals surface area contributed by atoms with E-state index in [1.54, 1.807) is 30.3 Å². The van der Waals surface area contributed by atoms with Gasteiger partial charge in [-0.3, -0.25) is 9.59 Å². The minimum atomic E-state index is -0.766. The second kappa shape index (κ2) is 7.62. The van der Waals surface area contributed by atoms with Gasteiger partial charge in [0, 0.05) is 22.0 Å². The molecule has 0 radical (unpaired) electrons. The van der Waals surface area contributed by atoms with Gasteiger partial charge in [0.15, 0.2) is 5.78 Å². The molecule has 0 heterocycles. The predicted molar refractivity (Wildman–Crippen MR) is 91.3 cm³/mol. The van der Waals surface area contributed by atoms with E-state index in [1.165, 1.54) is 7.11 Å². The molecule has 0 saturated carbocycles. The van der Waals surface area contributed by atoms with Gasteiger partial charge in [-0.2, -0.15) is 0 Å². The van der Waals surface area contributed by atoms with Crippen LogP contribution in [0, 0.1) is 6.92 Å². The van der Waals surface area contributed by atoms with E-state index in [4.69, 9.17) is 27.9 Å². The van der Waals surface area contributed by atoms with Crippen molar-refractivity contribution >= 4 is 35.0 Å². The number of carbonyl (C=O) groups excluding carboxylic acids is 2. The molecule has 1 unspecified atom stereocenters. The molecule has 120 valence electrons. The fourth-order valence-electron chi connectivity index (χ4n) is 2.37. The van der Waals surface area contributed by atoms with Crippen molar-refractivity contribution in [2.24, 2.45) is 0 Å². The zero-order chi connectivity index (χ0) is 17.0. The van der Waals surface area contributed by atoms with Gasteiger partial charge < -0.3 is 4.74 Å². The molecular weight excluding hydrogens is 335 g/mol. The molecule has 0 aliphatic rings. The van der Waals surface area contributed by atoms with Gasteiger partial charge in [-0.05, 0) is 30.7 Å². The third-order valence-electron chi connectivity index (χ3n) is 3.55. The number of hydrogen-bond donors (Lipinski definition) is 0. The maximum absolute atomic E-state index is 12.5. The minimum Gasteiger partial charge on any atom is -0.469 e. The Kier molecular flexibility index (Phi) is 5.80. The number of carbonyl (C=O) groups is 2. The lowest BCUT2D eigenvalue weighted by molar-refractivity contribution is -0.142. The van der Waals surface area contributed by atoms with Gasteiger partial charge in [0.2, 0.25) is 0 Å². The van der Waals surface area contributed by atoms with Crippen molar-refractivity contribution in [3.8, 4) is 0 Å². The van der Waals surface area contributed by atoms with Crippen LogP contribution in [-0.4, -0.2) is 18.9 Å². The average Bonchev–Trinajstić information content (AvgIpc) is 2.52. The van der Waals surface area contributed by atoms with Crippen LogP contribution in [0.1, 0.15) is 33.8 Å². The molecule has 5 heteroatoms. The van der Waals surface area contributed by atoms with Gasteiger partial charge in [-0.25, -0.2) is 0 Å². The summed E-state index contributed by atoms with van der Waals surface area (Å²) in [6.07, 6.45) is -0.0164. The van der Waals surface area contributed by atoms with Gasteiger partial charge in [0.25, 0.3) is 0 Å². The van der Waals surface area contributed by atoms with Crippen LogP contribution in [0.3, 0.4) is 0 Å². The molecule has 0 aliphatic heterocycles. The van der Waals surface area contributed by atoms with E-state index in [0.29, 0.717) is 21.2 Å². The van der Waals surface area contributed by atoms with E-state index in [9.17, 15) is 9.59 Å². The SMILES string of the molecule is COC(=O)C(CC(=O)c1cccc(C)c1)c1ccc(Cl)cc1Cl. The first-order chi connectivity index (χ1) is 10.9. The van der Waals surface area contributed by atoms with Gasteiger partial charge in [0.05, 0.1) is 13.0 Å². The Morgan fingerprint density at radius 2 is 1.87 bits per heavy atom. The van der Waals surface area contributed by atoms with Crippen molar-refractivity contribution < 1.29 is 14.3 Å². The lowest BCUT2D eigenvalue weighted by atomic mass is 9.91. The maximum atomic E-state index is 12.5. The summed E-state index contributed by atoms with van der Waals surface area (Å²) < 4.78 is 4.83. The number of esters is 1. The second-order valence-electron chi connectivity index (χ2n) is 5.24. The first-order valence-electron chi connectivity index (χ1n) is 7.05. The highest BCUT2D eigenvalue weighted by atomic mass is 35.5. The number of halogens is 2. The molecule has 1 atom stereocenters. The first-order valence-corrected chi connectivity index (χ1v) is 7.80. The van der Waals surface area contributed by atoms with Crippen LogP contribution in [0.5, 0.6) is 0 Å². The van der Waals surface area contributed by atoms with Crippen LogP contribution >= 0.6 is 23.2 Å². The minimum absolute atomic E-state index is 0.0164. The quantitative estimate of drug-likeness (QED) is 0.572. The van der Waals surface area contributed by atoms with Gasteiger partial charge in [0.1, 0.15) is 0 Å². The molecule has 0 N–H and O–H groups in total. The van der Waals surface area contributed by atoms with Gasteiger partial charge in [-0.1, -0.05) is 53.0 Å². The zero-order valence-corrected chi connectivity index (χ0v) is 14.3. The fraction of sp³-hybridized carbons (Fsp3) is 0.222. The second-order valence-corrected chi connectivity index (χ2v) is 6.08. The number of rotatable bonds is 5. The molecule has 3 nitrogen and oxygen atoms in total. The smallest absolute Gasteiger partial charge is 0.313 e. The van der Waals surface area contributed by atoms with Crippen molar-refractivity contribution in [3.05, 3.63) is 69.2 Å². The van der Waals surface area contributed by atoms with Crippen LogP contribution in [0.2, 0.25) is 10.0 Å². The highest BCUT2D eigenvalue weighted by Gasteiger charge is 2.27. The zero-order valence-electron chi connectivity index (χ0n) is 12.8. The summed E-state index contributed by atoms with van der Waals surface area (Å²) in [5, 5.41) is 0.803. The third-order valence-corrected chi connectivity index (χ3v) is 4.12. The van der Waals surface area contributed by atoms with Crippen LogP contribution < -0.4 is 0 Å². The molecule has 0 aromatic heterocycles. The number of methoxy groups -OCH3 is 1. The topological polar surface area (TPSA) is 43.4 Å². The number of benzene rings is 2. The number of aryl methyl sites for hydroxylation is 1. The summed E-state index contributed by atoms with van der Waals surface area (Å²) in [5.74, 6) is -1.41. The van der Waals surface area contributed by atoms with Crippen LogP contribution in [-0.2, 0) is 9.53 Å². The summed E-state index contributed by atoms with van der Waals surface area (Å²) in [4.78, 5) is 24.6. The van der Waals surface area contributed by atoms with Gasteiger partial charge >= 0.3 is 5.97 Å². The summed E-state index contributed by atoms with van der Waals surface area (Å²) in [6.45, 7) is 1.91. The summed E-state index contributed by atoms with van der Waals surface area (Å²) in [7, 11) is 1.29. The fourth-order valence-corrected chi connectivity index (χ4v) is 2.91. The summed E-state index contributed by atoms with van der Waals surface area (Å²) in [5.41, 5.74) is 2.07. The van der Waals surface area contributed by atoms with Crippen molar-refractivity contribution in [1.29, 1.82) is 0 Å². The summed E-state index contributed by atoms with van der Waals surface area (Å²) >= 11 is 12.1. The van der Waals surface area contributed by atoms with E-state index in [0.717, 1.165) is 5.56 Å². The van der Waals surface area contributed by atoms with Crippen molar-refractivity contribution in [2.45, 2.75) is 19.3 Å². The van der Waals surface area contributed by atoms with Crippen molar-refractivity contribution in [2.75, 3.05) is 7.11 Å². The van der Waals surface area contributed by atoms with E-state index in [-0.39, 0.29) is 12.2 Å². The van der Waals surface area contributed by atoms with Crippen molar-refractivity contribution in [1.82, 2.24) is 0 Å². The van der Waals surface area contributed by atoms with E-state index >= 15 is 0 Å². The molecule has 2 aromatic rings. The number of Topliss-reactive ketones (excluding diaryl/α,β-unsaturated/α-hetero) is 1. The third kappa shape index (κ3) is 4.34. The Morgan fingerprint density at radius 1 is 1.13 bits per heavy atom. The van der Waals surface area contributed by atoms with Crippen molar-refractivity contribution in [3.63, 3.8) is 0 Å². The molecule has 0 fully saturated rings. The maximum Gasteiger partial charge on any atom is 0.313 e. The Labute approximate surface area is 145 Å². The Hall–Kier alpha value is -1.84. The number of hydrogen-bond acceptors (Lipinski definition) is 3. The number of ketones is 1. The first kappa shape index (κ1) is 17.5. The highest BCUT2D eigenvalue weighted by Crippen LogP contribution is 2.31. The van der Waals surface area contributed by atoms with Crippen LogP contribution in [0.4, 0.5) is 0 Å². The molecule has 0 saturated heterocycles. The van der Waals surface area contributed by atoms with E-state index < -0.39 is 11.9 Å². The molecule has 0 amide bonds. The standard InChI is InChI=1S/C18H16Cl2O3/c1-11-4-3-5-12(8-11)17(21)10-15(18(22)23-2)14-7-6-13(19)9-16(14)20/h3-9,15H,10H2,1-2H3. The Morgan fingerprint density at radius 3 is 2.48 bits per heavy atom. The van der Waals surface area contributed by atoms with E-state index in [2.05, 4.69) is 0 Å². The molecule has 2 rings (SSSR count). The lowest BCUT2D eigenvalue weighted by Crippen LogP contribution is -2.18. The predicted octanol–water partition coefficient (Wildman–Crippen LogP) is 4.83. The largest absolute Gasteiger partial charge is 0.469 e. The van der Waals surface area contributed by atoms with Crippen LogP contribution in [0.25, 0.3) is 0 Å². The molecular formula is C18H16Cl2O3. The summed E-state index contributed by atoms with van der Waals surface area (Å²) in [6, 6.07) is 12.1.